The van der Waals surface area contributed by atoms with E-state index in [9.17, 15) is 9.59 Å². The highest BCUT2D eigenvalue weighted by atomic mass is 16.5. The standard InChI is InChI=1S/C41H82N2O4/c1-5-7-9-11-13-15-17-19-21-23-25-27-29-38-46-40(44)32-36-43(35-31-34-42(3)4)37-33-41(45)47-39-30-28-26-24-22-20-18-16-14-12-10-8-6-2/h5-39H2,1-4H3. The molecule has 0 aromatic heterocycles. The Balaban J connectivity index is 3.86. The molecule has 280 valence electrons. The van der Waals surface area contributed by atoms with Gasteiger partial charge in [0.1, 0.15) is 0 Å². The molecule has 0 saturated heterocycles. The molecule has 0 atom stereocenters. The second-order valence-corrected chi connectivity index (χ2v) is 14.4. The molecule has 0 spiro atoms. The van der Waals surface area contributed by atoms with E-state index in [2.05, 4.69) is 37.7 Å². The lowest BCUT2D eigenvalue weighted by molar-refractivity contribution is -0.144. The van der Waals surface area contributed by atoms with Crippen molar-refractivity contribution in [2.75, 3.05) is 53.5 Å². The summed E-state index contributed by atoms with van der Waals surface area (Å²) in [6.07, 6.45) is 35.9. The van der Waals surface area contributed by atoms with Gasteiger partial charge in [0.25, 0.3) is 0 Å². The predicted octanol–water partition coefficient (Wildman–Crippen LogP) is 11.3. The number of carbonyl (C=O) groups is 2. The van der Waals surface area contributed by atoms with Crippen LogP contribution in [0.15, 0.2) is 0 Å². The number of ether oxygens (including phenoxy) is 2. The molecule has 0 unspecified atom stereocenters. The minimum absolute atomic E-state index is 0.119. The first kappa shape index (κ1) is 45.9. The van der Waals surface area contributed by atoms with E-state index in [4.69, 9.17) is 9.47 Å². The molecule has 6 heteroatoms. The van der Waals surface area contributed by atoms with Crippen LogP contribution in [0, 0.1) is 0 Å². The molecule has 0 rings (SSSR count). The van der Waals surface area contributed by atoms with Crippen LogP contribution in [-0.2, 0) is 19.1 Å². The smallest absolute Gasteiger partial charge is 0.307 e. The first-order valence-corrected chi connectivity index (χ1v) is 20.7. The molecule has 0 aliphatic rings. The van der Waals surface area contributed by atoms with Gasteiger partial charge in [-0.15, -0.1) is 0 Å². The van der Waals surface area contributed by atoms with E-state index in [1.807, 2.05) is 0 Å². The number of rotatable bonds is 38. The Hall–Kier alpha value is -1.14. The number of nitrogens with zero attached hydrogens (tertiary/aromatic N) is 2. The van der Waals surface area contributed by atoms with Crippen LogP contribution >= 0.6 is 0 Å². The van der Waals surface area contributed by atoms with Crippen molar-refractivity contribution < 1.29 is 19.1 Å². The largest absolute Gasteiger partial charge is 0.466 e. The minimum Gasteiger partial charge on any atom is -0.466 e. The van der Waals surface area contributed by atoms with Gasteiger partial charge < -0.3 is 19.3 Å². The highest BCUT2D eigenvalue weighted by molar-refractivity contribution is 5.70. The van der Waals surface area contributed by atoms with Crippen molar-refractivity contribution in [3.63, 3.8) is 0 Å². The number of hydrogen-bond donors (Lipinski definition) is 0. The zero-order chi connectivity index (χ0) is 34.5. The van der Waals surface area contributed by atoms with E-state index in [0.717, 1.165) is 45.2 Å². The summed E-state index contributed by atoms with van der Waals surface area (Å²) in [6, 6.07) is 0. The van der Waals surface area contributed by atoms with Crippen molar-refractivity contribution in [1.82, 2.24) is 9.80 Å². The Morgan fingerprint density at radius 1 is 0.383 bits per heavy atom. The monoisotopic (exact) mass is 667 g/mol. The number of hydrogen-bond acceptors (Lipinski definition) is 6. The first-order valence-electron chi connectivity index (χ1n) is 20.7. The fourth-order valence-electron chi connectivity index (χ4n) is 6.20. The number of carbonyl (C=O) groups excluding carboxylic acids is 2. The van der Waals surface area contributed by atoms with Crippen molar-refractivity contribution in [3.8, 4) is 0 Å². The van der Waals surface area contributed by atoms with E-state index in [1.54, 1.807) is 0 Å². The average molecular weight is 667 g/mol. The molecular formula is C41H82N2O4. The fourth-order valence-corrected chi connectivity index (χ4v) is 6.20. The van der Waals surface area contributed by atoms with Crippen molar-refractivity contribution >= 4 is 11.9 Å². The third-order valence-corrected chi connectivity index (χ3v) is 9.37. The van der Waals surface area contributed by atoms with E-state index in [0.29, 0.717) is 39.1 Å². The van der Waals surface area contributed by atoms with Crippen LogP contribution in [0.5, 0.6) is 0 Å². The molecular weight excluding hydrogens is 584 g/mol. The summed E-state index contributed by atoms with van der Waals surface area (Å²) in [4.78, 5) is 29.2. The fraction of sp³-hybridized carbons (Fsp3) is 0.951. The van der Waals surface area contributed by atoms with Crippen LogP contribution in [-0.4, -0.2) is 75.2 Å². The van der Waals surface area contributed by atoms with Crippen LogP contribution in [0.25, 0.3) is 0 Å². The minimum atomic E-state index is -0.119. The third-order valence-electron chi connectivity index (χ3n) is 9.37. The van der Waals surface area contributed by atoms with E-state index in [1.165, 1.54) is 141 Å². The van der Waals surface area contributed by atoms with Crippen LogP contribution in [0.2, 0.25) is 0 Å². The Bertz CT molecular complexity index is 609. The van der Waals surface area contributed by atoms with Crippen LogP contribution < -0.4 is 0 Å². The SMILES string of the molecule is CCCCCCCCCCCCCCCOC(=O)CCN(CCCN(C)C)CCC(=O)OCCCCCCCCCCCCCCC. The predicted molar refractivity (Wildman–Crippen MR) is 202 cm³/mol. The summed E-state index contributed by atoms with van der Waals surface area (Å²) in [6.45, 7) is 8.74. The van der Waals surface area contributed by atoms with Gasteiger partial charge in [-0.2, -0.15) is 0 Å². The molecule has 6 nitrogen and oxygen atoms in total. The van der Waals surface area contributed by atoms with Crippen molar-refractivity contribution in [3.05, 3.63) is 0 Å². The molecule has 0 aliphatic heterocycles. The summed E-state index contributed by atoms with van der Waals surface area (Å²) in [5.41, 5.74) is 0. The lowest BCUT2D eigenvalue weighted by atomic mass is 10.0. The highest BCUT2D eigenvalue weighted by Gasteiger charge is 2.12. The van der Waals surface area contributed by atoms with Gasteiger partial charge in [-0.3, -0.25) is 9.59 Å². The maximum absolute atomic E-state index is 12.4. The van der Waals surface area contributed by atoms with Gasteiger partial charge in [-0.1, -0.05) is 168 Å². The normalized spacial score (nSPS) is 11.5. The Labute approximate surface area is 293 Å². The lowest BCUT2D eigenvalue weighted by Crippen LogP contribution is -2.32. The van der Waals surface area contributed by atoms with Crippen molar-refractivity contribution in [2.24, 2.45) is 0 Å². The molecule has 47 heavy (non-hydrogen) atoms. The zero-order valence-electron chi connectivity index (χ0n) is 32.3. The van der Waals surface area contributed by atoms with Gasteiger partial charge in [0.2, 0.25) is 0 Å². The van der Waals surface area contributed by atoms with Crippen LogP contribution in [0.4, 0.5) is 0 Å². The second kappa shape index (κ2) is 37.7. The Kier molecular flexibility index (Phi) is 36.8. The van der Waals surface area contributed by atoms with Crippen LogP contribution in [0.3, 0.4) is 0 Å². The molecule has 0 radical (unpaired) electrons. The number of unbranched alkanes of at least 4 members (excludes halogenated alkanes) is 24. The molecule has 0 aromatic rings. The summed E-state index contributed by atoms with van der Waals surface area (Å²) in [5.74, 6) is -0.238. The summed E-state index contributed by atoms with van der Waals surface area (Å²) in [5, 5.41) is 0. The van der Waals surface area contributed by atoms with E-state index < -0.39 is 0 Å². The van der Waals surface area contributed by atoms with Crippen LogP contribution in [0.1, 0.15) is 200 Å². The van der Waals surface area contributed by atoms with Gasteiger partial charge in [-0.05, 0) is 46.4 Å². The van der Waals surface area contributed by atoms with Crippen molar-refractivity contribution in [2.45, 2.75) is 200 Å². The summed E-state index contributed by atoms with van der Waals surface area (Å²) < 4.78 is 11.1. The lowest BCUT2D eigenvalue weighted by Gasteiger charge is -2.22. The summed E-state index contributed by atoms with van der Waals surface area (Å²) >= 11 is 0. The maximum atomic E-state index is 12.4. The number of esters is 2. The van der Waals surface area contributed by atoms with E-state index in [-0.39, 0.29) is 11.9 Å². The van der Waals surface area contributed by atoms with Gasteiger partial charge in [0.05, 0.1) is 26.1 Å². The molecule has 0 heterocycles. The molecule has 0 saturated carbocycles. The zero-order valence-corrected chi connectivity index (χ0v) is 32.3. The molecule has 0 aliphatic carbocycles. The highest BCUT2D eigenvalue weighted by Crippen LogP contribution is 2.14. The molecule has 0 fully saturated rings. The second-order valence-electron chi connectivity index (χ2n) is 14.4. The third kappa shape index (κ3) is 37.5. The van der Waals surface area contributed by atoms with Gasteiger partial charge in [0, 0.05) is 13.1 Å². The molecule has 0 bridgehead atoms. The average Bonchev–Trinajstić information content (AvgIpc) is 3.05. The van der Waals surface area contributed by atoms with Gasteiger partial charge in [-0.25, -0.2) is 0 Å². The Morgan fingerprint density at radius 3 is 0.979 bits per heavy atom. The molecule has 0 N–H and O–H groups in total. The summed E-state index contributed by atoms with van der Waals surface area (Å²) in [7, 11) is 4.15. The van der Waals surface area contributed by atoms with Gasteiger partial charge in [0.15, 0.2) is 0 Å². The first-order chi connectivity index (χ1) is 23.0. The van der Waals surface area contributed by atoms with E-state index >= 15 is 0 Å². The Morgan fingerprint density at radius 2 is 0.681 bits per heavy atom. The topological polar surface area (TPSA) is 59.1 Å². The molecule has 0 aromatic carbocycles. The van der Waals surface area contributed by atoms with Crippen molar-refractivity contribution in [1.29, 1.82) is 0 Å². The quantitative estimate of drug-likeness (QED) is 0.0483. The van der Waals surface area contributed by atoms with Gasteiger partial charge >= 0.3 is 11.9 Å². The maximum Gasteiger partial charge on any atom is 0.307 e. The molecule has 0 amide bonds.